The second kappa shape index (κ2) is 6.07. The standard InChI is InChI=1S/C17H14N2O2S/c1-11-6-2-3-7-12(11)17-19-16(13-8-4-5-9-18-13)14(22-17)10-15(20)21/h2-9H,10H2,1H3,(H,20,21). The average Bonchev–Trinajstić information content (AvgIpc) is 2.91. The van der Waals surface area contributed by atoms with Crippen LogP contribution in [0.2, 0.25) is 0 Å². The average molecular weight is 310 g/mol. The quantitative estimate of drug-likeness (QED) is 0.796. The third-order valence-corrected chi connectivity index (χ3v) is 4.38. The van der Waals surface area contributed by atoms with Crippen LogP contribution in [0.15, 0.2) is 48.7 Å². The van der Waals surface area contributed by atoms with Crippen molar-refractivity contribution in [3.05, 3.63) is 59.1 Å². The summed E-state index contributed by atoms with van der Waals surface area (Å²) in [5.74, 6) is -0.864. The van der Waals surface area contributed by atoms with Crippen molar-refractivity contribution in [1.82, 2.24) is 9.97 Å². The highest BCUT2D eigenvalue weighted by atomic mass is 32.1. The van der Waals surface area contributed by atoms with Gasteiger partial charge in [0.1, 0.15) is 10.7 Å². The van der Waals surface area contributed by atoms with Crippen molar-refractivity contribution in [2.45, 2.75) is 13.3 Å². The molecule has 0 aliphatic heterocycles. The Bertz CT molecular complexity index is 813. The van der Waals surface area contributed by atoms with Crippen molar-refractivity contribution in [3.63, 3.8) is 0 Å². The third-order valence-electron chi connectivity index (χ3n) is 3.29. The van der Waals surface area contributed by atoms with E-state index >= 15 is 0 Å². The van der Waals surface area contributed by atoms with Crippen molar-refractivity contribution < 1.29 is 9.90 Å². The van der Waals surface area contributed by atoms with Gasteiger partial charge in [-0.15, -0.1) is 11.3 Å². The Morgan fingerprint density at radius 1 is 1.18 bits per heavy atom. The largest absolute Gasteiger partial charge is 0.481 e. The Morgan fingerprint density at radius 3 is 2.64 bits per heavy atom. The first-order valence-electron chi connectivity index (χ1n) is 6.84. The number of aryl methyl sites for hydroxylation is 1. The van der Waals surface area contributed by atoms with Crippen molar-refractivity contribution in [2.75, 3.05) is 0 Å². The van der Waals surface area contributed by atoms with Crippen molar-refractivity contribution in [1.29, 1.82) is 0 Å². The second-order valence-electron chi connectivity index (χ2n) is 4.89. The predicted molar refractivity (Wildman–Crippen MR) is 86.9 cm³/mol. The molecule has 3 aromatic rings. The summed E-state index contributed by atoms with van der Waals surface area (Å²) in [5.41, 5.74) is 3.51. The zero-order valence-electron chi connectivity index (χ0n) is 12.0. The highest BCUT2D eigenvalue weighted by Gasteiger charge is 2.18. The van der Waals surface area contributed by atoms with Gasteiger partial charge in [-0.3, -0.25) is 9.78 Å². The highest BCUT2D eigenvalue weighted by Crippen LogP contribution is 2.34. The van der Waals surface area contributed by atoms with Gasteiger partial charge in [0.15, 0.2) is 0 Å². The lowest BCUT2D eigenvalue weighted by Crippen LogP contribution is -1.99. The molecule has 0 amide bonds. The first-order chi connectivity index (χ1) is 10.6. The lowest BCUT2D eigenvalue weighted by atomic mass is 10.1. The molecule has 0 aliphatic carbocycles. The molecule has 0 saturated carbocycles. The number of pyridine rings is 1. The molecular formula is C17H14N2O2S. The van der Waals surface area contributed by atoms with Crippen LogP contribution in [-0.4, -0.2) is 21.0 Å². The van der Waals surface area contributed by atoms with E-state index in [1.165, 1.54) is 11.3 Å². The molecule has 2 heterocycles. The summed E-state index contributed by atoms with van der Waals surface area (Å²) >= 11 is 1.42. The van der Waals surface area contributed by atoms with Crippen LogP contribution in [-0.2, 0) is 11.2 Å². The van der Waals surface area contributed by atoms with Crippen molar-refractivity contribution in [3.8, 4) is 22.0 Å². The van der Waals surface area contributed by atoms with E-state index in [0.29, 0.717) is 11.4 Å². The molecule has 1 aromatic carbocycles. The number of carboxylic acids is 1. The van der Waals surface area contributed by atoms with Crippen LogP contribution < -0.4 is 0 Å². The van der Waals surface area contributed by atoms with E-state index in [-0.39, 0.29) is 6.42 Å². The fourth-order valence-corrected chi connectivity index (χ4v) is 3.39. The number of aromatic nitrogens is 2. The van der Waals surface area contributed by atoms with Gasteiger partial charge >= 0.3 is 5.97 Å². The number of hydrogen-bond acceptors (Lipinski definition) is 4. The molecule has 0 fully saturated rings. The molecule has 0 saturated heterocycles. The predicted octanol–water partition coefficient (Wildman–Crippen LogP) is 3.81. The number of thiazole rings is 1. The summed E-state index contributed by atoms with van der Waals surface area (Å²) in [4.78, 5) is 20.8. The van der Waals surface area contributed by atoms with Gasteiger partial charge < -0.3 is 5.11 Å². The monoisotopic (exact) mass is 310 g/mol. The van der Waals surface area contributed by atoms with Gasteiger partial charge in [-0.05, 0) is 24.6 Å². The summed E-state index contributed by atoms with van der Waals surface area (Å²) in [6.45, 7) is 2.02. The maximum absolute atomic E-state index is 11.1. The lowest BCUT2D eigenvalue weighted by Gasteiger charge is -2.00. The molecule has 2 aromatic heterocycles. The number of rotatable bonds is 4. The molecule has 1 N–H and O–H groups in total. The molecule has 22 heavy (non-hydrogen) atoms. The summed E-state index contributed by atoms with van der Waals surface area (Å²) < 4.78 is 0. The van der Waals surface area contributed by atoms with E-state index in [1.54, 1.807) is 6.20 Å². The number of carboxylic acid groups (broad SMARTS) is 1. The van der Waals surface area contributed by atoms with Crippen LogP contribution in [0.25, 0.3) is 22.0 Å². The molecule has 0 aliphatic rings. The van der Waals surface area contributed by atoms with Crippen LogP contribution in [0.1, 0.15) is 10.4 Å². The van der Waals surface area contributed by atoms with Gasteiger partial charge in [-0.2, -0.15) is 0 Å². The zero-order chi connectivity index (χ0) is 15.5. The van der Waals surface area contributed by atoms with Crippen LogP contribution in [0.3, 0.4) is 0 Å². The summed E-state index contributed by atoms with van der Waals surface area (Å²) in [7, 11) is 0. The maximum atomic E-state index is 11.1. The van der Waals surface area contributed by atoms with E-state index in [4.69, 9.17) is 5.11 Å². The first kappa shape index (κ1) is 14.4. The Labute approximate surface area is 132 Å². The fraction of sp³-hybridized carbons (Fsp3) is 0.118. The Kier molecular flexibility index (Phi) is 3.98. The number of aliphatic carboxylic acids is 1. The van der Waals surface area contributed by atoms with Gasteiger partial charge in [0, 0.05) is 16.6 Å². The topological polar surface area (TPSA) is 63.1 Å². The summed E-state index contributed by atoms with van der Waals surface area (Å²) in [6.07, 6.45) is 1.64. The third kappa shape index (κ3) is 2.89. The minimum atomic E-state index is -0.864. The lowest BCUT2D eigenvalue weighted by molar-refractivity contribution is -0.136. The van der Waals surface area contributed by atoms with E-state index in [2.05, 4.69) is 9.97 Å². The number of benzene rings is 1. The second-order valence-corrected chi connectivity index (χ2v) is 5.97. The van der Waals surface area contributed by atoms with Gasteiger partial charge in [0.2, 0.25) is 0 Å². The molecule has 0 unspecified atom stereocenters. The smallest absolute Gasteiger partial charge is 0.308 e. The fourth-order valence-electron chi connectivity index (χ4n) is 2.24. The van der Waals surface area contributed by atoms with E-state index in [9.17, 15) is 4.79 Å². The maximum Gasteiger partial charge on any atom is 0.308 e. The van der Waals surface area contributed by atoms with E-state index in [1.807, 2.05) is 49.4 Å². The summed E-state index contributed by atoms with van der Waals surface area (Å²) in [6, 6.07) is 13.5. The molecular weight excluding hydrogens is 296 g/mol. The summed E-state index contributed by atoms with van der Waals surface area (Å²) in [5, 5.41) is 9.96. The molecule has 3 rings (SSSR count). The van der Waals surface area contributed by atoms with Crippen molar-refractivity contribution >= 4 is 17.3 Å². The van der Waals surface area contributed by atoms with Crippen LogP contribution >= 0.6 is 11.3 Å². The molecule has 0 bridgehead atoms. The number of hydrogen-bond donors (Lipinski definition) is 1. The minimum absolute atomic E-state index is 0.0462. The van der Waals surface area contributed by atoms with Crippen LogP contribution in [0.5, 0.6) is 0 Å². The molecule has 4 nitrogen and oxygen atoms in total. The van der Waals surface area contributed by atoms with Crippen molar-refractivity contribution in [2.24, 2.45) is 0 Å². The first-order valence-corrected chi connectivity index (χ1v) is 7.65. The Morgan fingerprint density at radius 2 is 1.95 bits per heavy atom. The van der Waals surface area contributed by atoms with Gasteiger partial charge in [-0.1, -0.05) is 30.3 Å². The molecule has 0 radical (unpaired) electrons. The molecule has 0 atom stereocenters. The zero-order valence-corrected chi connectivity index (χ0v) is 12.8. The minimum Gasteiger partial charge on any atom is -0.481 e. The normalized spacial score (nSPS) is 10.6. The van der Waals surface area contributed by atoms with Gasteiger partial charge in [0.05, 0.1) is 12.1 Å². The highest BCUT2D eigenvalue weighted by molar-refractivity contribution is 7.15. The van der Waals surface area contributed by atoms with Crippen LogP contribution in [0, 0.1) is 6.92 Å². The van der Waals surface area contributed by atoms with Gasteiger partial charge in [0.25, 0.3) is 0 Å². The number of carbonyl (C=O) groups is 1. The Hall–Kier alpha value is -2.53. The Balaban J connectivity index is 2.13. The van der Waals surface area contributed by atoms with Crippen LogP contribution in [0.4, 0.5) is 0 Å². The van der Waals surface area contributed by atoms with E-state index in [0.717, 1.165) is 21.0 Å². The van der Waals surface area contributed by atoms with Gasteiger partial charge in [-0.25, -0.2) is 4.98 Å². The number of nitrogens with zero attached hydrogens (tertiary/aromatic N) is 2. The van der Waals surface area contributed by atoms with E-state index < -0.39 is 5.97 Å². The SMILES string of the molecule is Cc1ccccc1-c1nc(-c2ccccn2)c(CC(=O)O)s1. The molecule has 110 valence electrons. The molecule has 0 spiro atoms. The molecule has 5 heteroatoms.